The highest BCUT2D eigenvalue weighted by atomic mass is 32.1. The number of nitrogens with one attached hydrogen (secondary N) is 1. The Morgan fingerprint density at radius 2 is 2.26 bits per heavy atom. The fraction of sp³-hybridized carbons (Fsp3) is 0.0833. The number of hydrogen-bond donors (Lipinski definition) is 2. The Morgan fingerprint density at radius 3 is 2.95 bits per heavy atom. The fourth-order valence-corrected chi connectivity index (χ4v) is 2.63. The van der Waals surface area contributed by atoms with Gasteiger partial charge >= 0.3 is 5.97 Å². The van der Waals surface area contributed by atoms with Gasteiger partial charge in [0, 0.05) is 11.5 Å². The summed E-state index contributed by atoms with van der Waals surface area (Å²) in [5.74, 6) is -1.23. The highest BCUT2D eigenvalue weighted by Crippen LogP contribution is 2.16. The van der Waals surface area contributed by atoms with Crippen molar-refractivity contribution in [2.75, 3.05) is 5.32 Å². The number of hydrogen-bond acceptors (Lipinski definition) is 5. The van der Waals surface area contributed by atoms with Crippen LogP contribution in [0.5, 0.6) is 0 Å². The second-order valence-corrected chi connectivity index (χ2v) is 5.23. The summed E-state index contributed by atoms with van der Waals surface area (Å²) in [6.45, 7) is 0. The van der Waals surface area contributed by atoms with Crippen LogP contribution in [-0.2, 0) is 16.0 Å². The molecular weight excluding hydrogens is 284 g/mol. The monoisotopic (exact) mass is 294 g/mol. The van der Waals surface area contributed by atoms with Gasteiger partial charge in [0.15, 0.2) is 5.13 Å². The van der Waals surface area contributed by atoms with E-state index >= 15 is 0 Å². The summed E-state index contributed by atoms with van der Waals surface area (Å²) in [4.78, 5) is 26.1. The van der Waals surface area contributed by atoms with E-state index in [4.69, 9.17) is 5.11 Å². The highest BCUT2D eigenvalue weighted by Gasteiger charge is 2.07. The number of thiophene rings is 1. The second-order valence-electron chi connectivity index (χ2n) is 3.59. The van der Waals surface area contributed by atoms with Crippen molar-refractivity contribution in [3.63, 3.8) is 0 Å². The average Bonchev–Trinajstić information content (AvgIpc) is 2.97. The van der Waals surface area contributed by atoms with E-state index in [-0.39, 0.29) is 12.3 Å². The molecule has 0 spiro atoms. The van der Waals surface area contributed by atoms with Crippen molar-refractivity contribution < 1.29 is 14.7 Å². The van der Waals surface area contributed by atoms with Gasteiger partial charge in [-0.05, 0) is 28.5 Å². The first-order chi connectivity index (χ1) is 9.13. The van der Waals surface area contributed by atoms with E-state index < -0.39 is 5.97 Å². The van der Waals surface area contributed by atoms with E-state index in [1.807, 2.05) is 16.8 Å². The summed E-state index contributed by atoms with van der Waals surface area (Å²) in [6, 6.07) is 1.91. The molecule has 2 rings (SSSR count). The zero-order valence-corrected chi connectivity index (χ0v) is 11.3. The summed E-state index contributed by atoms with van der Waals surface area (Å²) >= 11 is 2.76. The number of rotatable bonds is 5. The van der Waals surface area contributed by atoms with E-state index in [2.05, 4.69) is 10.3 Å². The second kappa shape index (κ2) is 6.26. The molecule has 0 atom stereocenters. The molecule has 0 saturated heterocycles. The number of amides is 1. The molecule has 0 bridgehead atoms. The van der Waals surface area contributed by atoms with E-state index in [9.17, 15) is 9.59 Å². The molecule has 98 valence electrons. The van der Waals surface area contributed by atoms with Crippen molar-refractivity contribution >= 4 is 45.8 Å². The third-order valence-electron chi connectivity index (χ3n) is 2.08. The molecule has 0 radical (unpaired) electrons. The molecule has 0 aliphatic heterocycles. The lowest BCUT2D eigenvalue weighted by atomic mass is 10.3. The largest absolute Gasteiger partial charge is 0.481 e. The van der Waals surface area contributed by atoms with Gasteiger partial charge in [-0.2, -0.15) is 11.3 Å². The zero-order valence-electron chi connectivity index (χ0n) is 9.70. The Labute approximate surface area is 117 Å². The summed E-state index contributed by atoms with van der Waals surface area (Å²) < 4.78 is 0. The number of carbonyl (C=O) groups excluding carboxylic acids is 1. The van der Waals surface area contributed by atoms with E-state index in [1.54, 1.807) is 22.8 Å². The predicted molar refractivity (Wildman–Crippen MR) is 75.4 cm³/mol. The van der Waals surface area contributed by atoms with Gasteiger partial charge in [0.05, 0.1) is 12.1 Å². The molecule has 2 aromatic rings. The SMILES string of the molecule is O=C(O)Cc1csc(NC(=O)C=Cc2ccsc2)n1. The number of carbonyl (C=O) groups is 2. The van der Waals surface area contributed by atoms with E-state index in [1.165, 1.54) is 17.4 Å². The van der Waals surface area contributed by atoms with Gasteiger partial charge in [-0.25, -0.2) is 4.98 Å². The van der Waals surface area contributed by atoms with Crippen molar-refractivity contribution in [3.8, 4) is 0 Å². The Balaban J connectivity index is 1.91. The molecule has 0 aromatic carbocycles. The van der Waals surface area contributed by atoms with Crippen LogP contribution in [0.1, 0.15) is 11.3 Å². The topological polar surface area (TPSA) is 79.3 Å². The van der Waals surface area contributed by atoms with Crippen molar-refractivity contribution in [1.82, 2.24) is 4.98 Å². The lowest BCUT2D eigenvalue weighted by molar-refractivity contribution is -0.136. The van der Waals surface area contributed by atoms with Crippen LogP contribution in [0.25, 0.3) is 6.08 Å². The van der Waals surface area contributed by atoms with Crippen LogP contribution >= 0.6 is 22.7 Å². The minimum absolute atomic E-state index is 0.142. The minimum Gasteiger partial charge on any atom is -0.481 e. The average molecular weight is 294 g/mol. The third kappa shape index (κ3) is 4.31. The number of nitrogens with zero attached hydrogens (tertiary/aromatic N) is 1. The molecule has 19 heavy (non-hydrogen) atoms. The molecule has 0 fully saturated rings. The van der Waals surface area contributed by atoms with Crippen LogP contribution in [0.4, 0.5) is 5.13 Å². The first kappa shape index (κ1) is 13.4. The normalized spacial score (nSPS) is 10.7. The van der Waals surface area contributed by atoms with Crippen molar-refractivity contribution in [2.45, 2.75) is 6.42 Å². The molecule has 1 amide bonds. The number of aliphatic carboxylic acids is 1. The van der Waals surface area contributed by atoms with Crippen molar-refractivity contribution in [2.24, 2.45) is 0 Å². The maximum Gasteiger partial charge on any atom is 0.309 e. The third-order valence-corrected chi connectivity index (χ3v) is 3.59. The molecule has 5 nitrogen and oxygen atoms in total. The van der Waals surface area contributed by atoms with Crippen LogP contribution in [-0.4, -0.2) is 22.0 Å². The maximum atomic E-state index is 11.6. The Morgan fingerprint density at radius 1 is 1.42 bits per heavy atom. The number of thiazole rings is 1. The summed E-state index contributed by atoms with van der Waals surface area (Å²) in [5, 5.41) is 17.1. The molecule has 0 aliphatic rings. The quantitative estimate of drug-likeness (QED) is 0.830. The number of carboxylic acid groups (broad SMARTS) is 1. The van der Waals surface area contributed by atoms with E-state index in [0.29, 0.717) is 10.8 Å². The molecule has 2 aromatic heterocycles. The molecule has 2 heterocycles. The van der Waals surface area contributed by atoms with Gasteiger partial charge in [0.1, 0.15) is 0 Å². The first-order valence-electron chi connectivity index (χ1n) is 5.31. The lowest BCUT2D eigenvalue weighted by Gasteiger charge is -1.95. The smallest absolute Gasteiger partial charge is 0.309 e. The predicted octanol–water partition coefficient (Wildman–Crippen LogP) is 2.48. The van der Waals surface area contributed by atoms with Crippen LogP contribution in [0.3, 0.4) is 0 Å². The summed E-state index contributed by atoms with van der Waals surface area (Å²) in [6.07, 6.45) is 2.98. The Hall–Kier alpha value is -1.99. The van der Waals surface area contributed by atoms with Gasteiger partial charge in [-0.15, -0.1) is 11.3 Å². The summed E-state index contributed by atoms with van der Waals surface area (Å²) in [7, 11) is 0. The lowest BCUT2D eigenvalue weighted by Crippen LogP contribution is -2.08. The van der Waals surface area contributed by atoms with Crippen LogP contribution in [0, 0.1) is 0 Å². The van der Waals surface area contributed by atoms with Crippen molar-refractivity contribution in [1.29, 1.82) is 0 Å². The van der Waals surface area contributed by atoms with E-state index in [0.717, 1.165) is 5.56 Å². The van der Waals surface area contributed by atoms with Gasteiger partial charge < -0.3 is 5.11 Å². The highest BCUT2D eigenvalue weighted by molar-refractivity contribution is 7.14. The number of carboxylic acids is 1. The maximum absolute atomic E-state index is 11.6. The number of anilines is 1. The van der Waals surface area contributed by atoms with Crippen molar-refractivity contribution in [3.05, 3.63) is 39.5 Å². The molecule has 0 aliphatic carbocycles. The molecule has 2 N–H and O–H groups in total. The number of aromatic nitrogens is 1. The molecule has 0 saturated carbocycles. The molecule has 0 unspecified atom stereocenters. The molecule has 7 heteroatoms. The molecular formula is C12H10N2O3S2. The summed E-state index contributed by atoms with van der Waals surface area (Å²) in [5.41, 5.74) is 1.40. The van der Waals surface area contributed by atoms with Gasteiger partial charge in [0.25, 0.3) is 0 Å². The Kier molecular flexibility index (Phi) is 4.43. The Bertz CT molecular complexity index is 602. The van der Waals surface area contributed by atoms with Crippen LogP contribution in [0.2, 0.25) is 0 Å². The van der Waals surface area contributed by atoms with Gasteiger partial charge in [0.2, 0.25) is 5.91 Å². The van der Waals surface area contributed by atoms with Gasteiger partial charge in [-0.1, -0.05) is 0 Å². The van der Waals surface area contributed by atoms with Crippen LogP contribution < -0.4 is 5.32 Å². The van der Waals surface area contributed by atoms with Crippen LogP contribution in [0.15, 0.2) is 28.3 Å². The standard InChI is InChI=1S/C12H10N2O3S2/c15-10(2-1-8-3-4-18-6-8)14-12-13-9(7-19-12)5-11(16)17/h1-4,6-7H,5H2,(H,16,17)(H,13,14,15). The fourth-order valence-electron chi connectivity index (χ4n) is 1.29. The first-order valence-corrected chi connectivity index (χ1v) is 7.13. The van der Waals surface area contributed by atoms with Gasteiger partial charge in [-0.3, -0.25) is 14.9 Å². The minimum atomic E-state index is -0.944. The zero-order chi connectivity index (χ0) is 13.7.